The van der Waals surface area contributed by atoms with Crippen molar-refractivity contribution in [1.82, 2.24) is 0 Å². The fourth-order valence-electron chi connectivity index (χ4n) is 7.78. The van der Waals surface area contributed by atoms with Gasteiger partial charge in [-0.25, -0.2) is 0 Å². The van der Waals surface area contributed by atoms with E-state index in [4.69, 9.17) is 0 Å². The molecule has 1 heterocycles. The molecule has 0 atom stereocenters. The summed E-state index contributed by atoms with van der Waals surface area (Å²) in [5.74, 6) is 0. The van der Waals surface area contributed by atoms with Gasteiger partial charge in [0.15, 0.2) is 0 Å². The number of unbranched alkanes of at least 4 members (excludes halogenated alkanes) is 1. The predicted octanol–water partition coefficient (Wildman–Crippen LogP) is 18.9. The van der Waals surface area contributed by atoms with Gasteiger partial charge in [0.05, 0.1) is 0 Å². The van der Waals surface area contributed by atoms with Gasteiger partial charge in [0.2, 0.25) is 0 Å². The van der Waals surface area contributed by atoms with Crippen molar-refractivity contribution < 1.29 is 0 Å². The van der Waals surface area contributed by atoms with Crippen LogP contribution in [0.25, 0.3) is 38.3 Å². The zero-order valence-electron chi connectivity index (χ0n) is 37.6. The second-order valence-corrected chi connectivity index (χ2v) is 16.5. The van der Waals surface area contributed by atoms with Crippen LogP contribution in [0.3, 0.4) is 0 Å². The Morgan fingerprint density at radius 2 is 0.984 bits per heavy atom. The van der Waals surface area contributed by atoms with Crippen LogP contribution in [-0.2, 0) is 0 Å². The maximum atomic E-state index is 4.07. The second-order valence-electron chi connectivity index (χ2n) is 15.5. The summed E-state index contributed by atoms with van der Waals surface area (Å²) < 4.78 is 0. The predicted molar refractivity (Wildman–Crippen MR) is 284 cm³/mol. The molecule has 0 saturated carbocycles. The quantitative estimate of drug-likeness (QED) is 0.0794. The van der Waals surface area contributed by atoms with Gasteiger partial charge in [0.1, 0.15) is 0 Å². The first-order chi connectivity index (χ1) is 31.5. The lowest BCUT2D eigenvalue weighted by Gasteiger charge is -2.26. The highest BCUT2D eigenvalue weighted by molar-refractivity contribution is 7.16. The fourth-order valence-corrected chi connectivity index (χ4v) is 8.82. The minimum absolute atomic E-state index is 1.00. The molecule has 3 heteroatoms. The molecule has 318 valence electrons. The number of benzene rings is 6. The summed E-state index contributed by atoms with van der Waals surface area (Å²) >= 11 is 1.82. The number of hydrogen-bond donors (Lipinski definition) is 0. The van der Waals surface area contributed by atoms with Crippen molar-refractivity contribution in [2.75, 3.05) is 9.80 Å². The zero-order chi connectivity index (χ0) is 44.7. The molecule has 0 N–H and O–H groups in total. The molecule has 0 spiro atoms. The molecule has 0 amide bonds. The molecule has 0 bridgehead atoms. The lowest BCUT2D eigenvalue weighted by molar-refractivity contribution is 0.961. The molecular weight excluding hydrogens is 793 g/mol. The molecule has 7 aromatic rings. The molecule has 0 saturated heterocycles. The molecule has 0 radical (unpaired) electrons. The SMILES string of the molecule is C=C/C(=C\C=C/C)c1ccc(N(c2ccc(C(/C=C\CC)=C/C)cc2)c2ccc(-c3ccc(N(c4ccccc4)c4ccc(-c5ccc(/C(C=C)=C/CCC)s5)cc4)cc3)cc2)cc1. The monoisotopic (exact) mass is 850 g/mol. The summed E-state index contributed by atoms with van der Waals surface area (Å²) in [6, 6.07) is 59.4. The van der Waals surface area contributed by atoms with E-state index in [0.29, 0.717) is 0 Å². The van der Waals surface area contributed by atoms with Crippen molar-refractivity contribution in [2.24, 2.45) is 0 Å². The average Bonchev–Trinajstić information content (AvgIpc) is 3.85. The highest BCUT2D eigenvalue weighted by Gasteiger charge is 2.16. The number of hydrogen-bond acceptors (Lipinski definition) is 3. The van der Waals surface area contributed by atoms with Crippen LogP contribution in [0.2, 0.25) is 0 Å². The first-order valence-corrected chi connectivity index (χ1v) is 23.2. The summed E-state index contributed by atoms with van der Waals surface area (Å²) in [5.41, 5.74) is 15.9. The molecular formula is C61H58N2S. The van der Waals surface area contributed by atoms with E-state index in [1.165, 1.54) is 32.0 Å². The van der Waals surface area contributed by atoms with Gasteiger partial charge >= 0.3 is 0 Å². The summed E-state index contributed by atoms with van der Waals surface area (Å²) in [7, 11) is 0. The number of nitrogens with zero attached hydrogens (tertiary/aromatic N) is 2. The first kappa shape index (κ1) is 44.8. The largest absolute Gasteiger partial charge is 0.311 e. The Morgan fingerprint density at radius 3 is 1.44 bits per heavy atom. The van der Waals surface area contributed by atoms with Crippen molar-refractivity contribution in [3.63, 3.8) is 0 Å². The first-order valence-electron chi connectivity index (χ1n) is 22.4. The fraction of sp³-hybridized carbons (Fsp3) is 0.115. The van der Waals surface area contributed by atoms with Gasteiger partial charge in [-0.1, -0.05) is 167 Å². The topological polar surface area (TPSA) is 6.48 Å². The van der Waals surface area contributed by atoms with E-state index in [0.717, 1.165) is 75.7 Å². The molecule has 64 heavy (non-hydrogen) atoms. The van der Waals surface area contributed by atoms with E-state index >= 15 is 0 Å². The molecule has 0 aliphatic heterocycles. The van der Waals surface area contributed by atoms with E-state index in [1.54, 1.807) is 0 Å². The van der Waals surface area contributed by atoms with Gasteiger partial charge in [-0.3, -0.25) is 0 Å². The Labute approximate surface area is 386 Å². The third kappa shape index (κ3) is 10.7. The summed E-state index contributed by atoms with van der Waals surface area (Å²) in [6.45, 7) is 16.6. The van der Waals surface area contributed by atoms with Crippen molar-refractivity contribution in [3.8, 4) is 21.6 Å². The van der Waals surface area contributed by atoms with Gasteiger partial charge in [-0.2, -0.15) is 0 Å². The molecule has 1 aromatic heterocycles. The summed E-state index contributed by atoms with van der Waals surface area (Å²) in [4.78, 5) is 7.15. The van der Waals surface area contributed by atoms with Crippen LogP contribution in [0.5, 0.6) is 0 Å². The third-order valence-electron chi connectivity index (χ3n) is 11.2. The maximum Gasteiger partial charge on any atom is 0.0462 e. The highest BCUT2D eigenvalue weighted by Crippen LogP contribution is 2.40. The van der Waals surface area contributed by atoms with Crippen molar-refractivity contribution >= 4 is 62.2 Å². The van der Waals surface area contributed by atoms with Crippen molar-refractivity contribution in [2.45, 2.75) is 47.0 Å². The standard InChI is InChI=1S/C61H58N2S/c1-7-13-19-46(10-4)49-24-34-56(35-25-49)63(57-36-26-50(27-37-57)47(11-5)20-14-8-2)58-40-30-52(31-41-58)51-28-38-55(39-29-51)62(54-22-17-16-18-23-54)59-42-32-53(33-43-59)61-45-44-60(64-61)48(12-6)21-15-9-3/h7,10-14,16-45H,4,6,8-9,15H2,1-3,5H3/b13-7-,20-14-,46-19+,47-11+,48-21+. The number of allylic oxidation sites excluding steroid dienone is 12. The minimum Gasteiger partial charge on any atom is -0.311 e. The normalized spacial score (nSPS) is 12.2. The molecule has 0 fully saturated rings. The van der Waals surface area contributed by atoms with E-state index in [1.807, 2.05) is 42.6 Å². The second kappa shape index (κ2) is 22.2. The molecule has 6 aromatic carbocycles. The van der Waals surface area contributed by atoms with E-state index in [9.17, 15) is 0 Å². The molecule has 0 aliphatic carbocycles. The Bertz CT molecular complexity index is 2760. The van der Waals surface area contributed by atoms with Crippen LogP contribution in [0.15, 0.2) is 232 Å². The van der Waals surface area contributed by atoms with Crippen molar-refractivity contribution in [1.29, 1.82) is 0 Å². The van der Waals surface area contributed by atoms with Crippen LogP contribution < -0.4 is 9.80 Å². The van der Waals surface area contributed by atoms with Crippen LogP contribution in [0.4, 0.5) is 34.1 Å². The van der Waals surface area contributed by atoms with Gasteiger partial charge in [0, 0.05) is 43.9 Å². The van der Waals surface area contributed by atoms with E-state index in [-0.39, 0.29) is 0 Å². The van der Waals surface area contributed by atoms with Gasteiger partial charge in [0.25, 0.3) is 0 Å². The Hall–Kier alpha value is -7.20. The van der Waals surface area contributed by atoms with E-state index < -0.39 is 0 Å². The van der Waals surface area contributed by atoms with Gasteiger partial charge in [-0.05, 0) is 156 Å². The molecule has 0 aliphatic rings. The smallest absolute Gasteiger partial charge is 0.0462 e. The molecule has 7 rings (SSSR count). The lowest BCUT2D eigenvalue weighted by atomic mass is 10.0. The third-order valence-corrected chi connectivity index (χ3v) is 12.4. The maximum absolute atomic E-state index is 4.07. The highest BCUT2D eigenvalue weighted by atomic mass is 32.1. The van der Waals surface area contributed by atoms with Crippen LogP contribution in [-0.4, -0.2) is 0 Å². The van der Waals surface area contributed by atoms with Crippen LogP contribution in [0.1, 0.15) is 63.0 Å². The lowest BCUT2D eigenvalue weighted by Crippen LogP contribution is -2.10. The zero-order valence-corrected chi connectivity index (χ0v) is 38.4. The van der Waals surface area contributed by atoms with Gasteiger partial charge in [-0.15, -0.1) is 11.3 Å². The summed E-state index contributed by atoms with van der Waals surface area (Å²) in [5, 5.41) is 0. The average molecular weight is 851 g/mol. The minimum atomic E-state index is 1.00. The van der Waals surface area contributed by atoms with Crippen LogP contribution in [0, 0.1) is 0 Å². The number of thiophene rings is 1. The van der Waals surface area contributed by atoms with Crippen molar-refractivity contribution in [3.05, 3.63) is 248 Å². The Kier molecular flexibility index (Phi) is 15.6. The van der Waals surface area contributed by atoms with Crippen LogP contribution >= 0.6 is 11.3 Å². The molecule has 2 nitrogen and oxygen atoms in total. The Morgan fingerprint density at radius 1 is 0.516 bits per heavy atom. The molecule has 0 unspecified atom stereocenters. The number of anilines is 6. The Balaban J connectivity index is 1.17. The summed E-state index contributed by atoms with van der Waals surface area (Å²) in [6.07, 6.45) is 22.1. The van der Waals surface area contributed by atoms with E-state index in [2.05, 4.69) is 238 Å². The number of rotatable bonds is 18. The van der Waals surface area contributed by atoms with Gasteiger partial charge < -0.3 is 9.80 Å². The number of para-hydroxylation sites is 1.